The van der Waals surface area contributed by atoms with Crippen LogP contribution in [0, 0.1) is 0 Å². The zero-order valence-corrected chi connectivity index (χ0v) is 18.8. The minimum absolute atomic E-state index is 0.488. The second-order valence-corrected chi connectivity index (χ2v) is 8.21. The van der Waals surface area contributed by atoms with Gasteiger partial charge >= 0.3 is 0 Å². The Morgan fingerprint density at radius 2 is 1.93 bits per heavy atom. The van der Waals surface area contributed by atoms with Crippen LogP contribution in [0.2, 0.25) is 0 Å². The number of rotatable bonds is 9. The Bertz CT molecular complexity index is 784. The summed E-state index contributed by atoms with van der Waals surface area (Å²) >= 11 is 0. The van der Waals surface area contributed by atoms with Crippen LogP contribution >= 0.6 is 0 Å². The summed E-state index contributed by atoms with van der Waals surface area (Å²) in [5.41, 5.74) is 1.35. The lowest BCUT2D eigenvalue weighted by atomic mass is 10.1. The molecule has 1 atom stereocenters. The summed E-state index contributed by atoms with van der Waals surface area (Å²) in [6, 6.07) is 11.1. The van der Waals surface area contributed by atoms with Crippen LogP contribution in [0.15, 0.2) is 35.3 Å². The van der Waals surface area contributed by atoms with E-state index >= 15 is 0 Å². The van der Waals surface area contributed by atoms with Crippen molar-refractivity contribution in [3.63, 3.8) is 0 Å². The number of nitrogens with one attached hydrogen (secondary N) is 2. The maximum atomic E-state index is 4.41. The number of hydrogen-bond acceptors (Lipinski definition) is 4. The van der Waals surface area contributed by atoms with E-state index in [0.29, 0.717) is 6.04 Å². The van der Waals surface area contributed by atoms with Gasteiger partial charge in [0.15, 0.2) is 5.96 Å². The summed E-state index contributed by atoms with van der Waals surface area (Å²) in [6.45, 7) is 6.00. The lowest BCUT2D eigenvalue weighted by molar-refractivity contribution is 0.238. The number of aryl methyl sites for hydroxylation is 1. The molecule has 7 heteroatoms. The number of benzene rings is 1. The highest BCUT2D eigenvalue weighted by atomic mass is 15.3. The number of hydrogen-bond donors (Lipinski definition) is 2. The highest BCUT2D eigenvalue weighted by Crippen LogP contribution is 2.14. The van der Waals surface area contributed by atoms with E-state index in [1.54, 1.807) is 0 Å². The third-order valence-electron chi connectivity index (χ3n) is 5.93. The fourth-order valence-electron chi connectivity index (χ4n) is 3.89. The average Bonchev–Trinajstić information content (AvgIpc) is 2.99. The summed E-state index contributed by atoms with van der Waals surface area (Å²) in [4.78, 5) is 6.75. The molecular formula is C23H37N7. The van der Waals surface area contributed by atoms with E-state index in [2.05, 4.69) is 79.6 Å². The van der Waals surface area contributed by atoms with Gasteiger partial charge in [0, 0.05) is 52.1 Å². The van der Waals surface area contributed by atoms with E-state index < -0.39 is 0 Å². The number of fused-ring (bicyclic) bond motifs is 1. The predicted molar refractivity (Wildman–Crippen MR) is 123 cm³/mol. The van der Waals surface area contributed by atoms with Crippen molar-refractivity contribution in [2.24, 2.45) is 4.99 Å². The Hall–Kier alpha value is -2.41. The van der Waals surface area contributed by atoms with E-state index in [0.717, 1.165) is 63.0 Å². The van der Waals surface area contributed by atoms with Gasteiger partial charge in [-0.25, -0.2) is 0 Å². The molecule has 2 heterocycles. The molecule has 30 heavy (non-hydrogen) atoms. The minimum Gasteiger partial charge on any atom is -0.356 e. The van der Waals surface area contributed by atoms with Crippen LogP contribution < -0.4 is 10.6 Å². The molecule has 0 saturated carbocycles. The van der Waals surface area contributed by atoms with Gasteiger partial charge in [-0.15, -0.1) is 10.2 Å². The normalized spacial score (nSPS) is 15.5. The molecule has 1 aromatic heterocycles. The molecule has 1 aliphatic rings. The first-order chi connectivity index (χ1) is 14.7. The monoisotopic (exact) mass is 411 g/mol. The molecular weight excluding hydrogens is 374 g/mol. The third kappa shape index (κ3) is 6.55. The summed E-state index contributed by atoms with van der Waals surface area (Å²) in [6.07, 6.45) is 6.72. The van der Waals surface area contributed by atoms with Crippen LogP contribution in [-0.4, -0.2) is 58.9 Å². The van der Waals surface area contributed by atoms with E-state index in [-0.39, 0.29) is 0 Å². The highest BCUT2D eigenvalue weighted by Gasteiger charge is 2.14. The Morgan fingerprint density at radius 3 is 2.73 bits per heavy atom. The van der Waals surface area contributed by atoms with E-state index in [9.17, 15) is 0 Å². The van der Waals surface area contributed by atoms with Crippen LogP contribution in [0.5, 0.6) is 0 Å². The SMILES string of the molecule is CN=C(NCCc1nnc2n1CCCCC2)NCCC(C)N(C)Cc1ccccc1. The summed E-state index contributed by atoms with van der Waals surface area (Å²) in [5.74, 6) is 3.09. The molecule has 164 valence electrons. The molecule has 3 rings (SSSR count). The number of nitrogens with zero attached hydrogens (tertiary/aromatic N) is 5. The molecule has 0 aliphatic carbocycles. The van der Waals surface area contributed by atoms with Crippen LogP contribution in [-0.2, 0) is 25.9 Å². The fraction of sp³-hybridized carbons (Fsp3) is 0.609. The molecule has 1 aromatic carbocycles. The van der Waals surface area contributed by atoms with Crippen molar-refractivity contribution in [3.05, 3.63) is 47.5 Å². The lowest BCUT2D eigenvalue weighted by Crippen LogP contribution is -2.40. The lowest BCUT2D eigenvalue weighted by Gasteiger charge is -2.25. The second-order valence-electron chi connectivity index (χ2n) is 8.21. The summed E-state index contributed by atoms with van der Waals surface area (Å²) in [5, 5.41) is 15.7. The van der Waals surface area contributed by atoms with Gasteiger partial charge in [-0.1, -0.05) is 36.8 Å². The zero-order chi connectivity index (χ0) is 21.2. The first kappa shape index (κ1) is 22.3. The van der Waals surface area contributed by atoms with Gasteiger partial charge in [0.25, 0.3) is 0 Å². The van der Waals surface area contributed by atoms with Crippen molar-refractivity contribution < 1.29 is 0 Å². The molecule has 0 amide bonds. The van der Waals surface area contributed by atoms with Gasteiger partial charge in [0.2, 0.25) is 0 Å². The van der Waals surface area contributed by atoms with Crippen molar-refractivity contribution in [2.45, 2.75) is 64.6 Å². The molecule has 0 saturated heterocycles. The molecule has 2 N–H and O–H groups in total. The Labute approximate surface area is 181 Å². The van der Waals surface area contributed by atoms with Gasteiger partial charge in [-0.05, 0) is 38.8 Å². The Morgan fingerprint density at radius 1 is 1.13 bits per heavy atom. The number of aliphatic imine (C=N–C) groups is 1. The van der Waals surface area contributed by atoms with Gasteiger partial charge < -0.3 is 15.2 Å². The average molecular weight is 412 g/mol. The second kappa shape index (κ2) is 11.7. The summed E-state index contributed by atoms with van der Waals surface area (Å²) < 4.78 is 2.31. The highest BCUT2D eigenvalue weighted by molar-refractivity contribution is 5.79. The van der Waals surface area contributed by atoms with Crippen LogP contribution in [0.25, 0.3) is 0 Å². The van der Waals surface area contributed by atoms with Crippen LogP contribution in [0.1, 0.15) is 49.8 Å². The molecule has 2 aromatic rings. The number of guanidine groups is 1. The molecule has 0 radical (unpaired) electrons. The van der Waals surface area contributed by atoms with Crippen LogP contribution in [0.3, 0.4) is 0 Å². The maximum absolute atomic E-state index is 4.41. The quantitative estimate of drug-likeness (QED) is 0.490. The van der Waals surface area contributed by atoms with Crippen molar-refractivity contribution in [2.75, 3.05) is 27.2 Å². The Kier molecular flexibility index (Phi) is 8.68. The van der Waals surface area contributed by atoms with E-state index in [1.807, 2.05) is 7.05 Å². The zero-order valence-electron chi connectivity index (χ0n) is 18.8. The molecule has 7 nitrogen and oxygen atoms in total. The van der Waals surface area contributed by atoms with Crippen LogP contribution in [0.4, 0.5) is 0 Å². The first-order valence-corrected chi connectivity index (χ1v) is 11.3. The topological polar surface area (TPSA) is 70.4 Å². The standard InChI is InChI=1S/C23H37N7/c1-19(29(3)18-20-10-6-4-7-11-20)13-15-25-23(24-2)26-16-14-22-28-27-21-12-8-5-9-17-30(21)22/h4,6-7,10-11,19H,5,8-9,12-18H2,1-3H3,(H2,24,25,26). The minimum atomic E-state index is 0.488. The molecule has 0 spiro atoms. The third-order valence-corrected chi connectivity index (χ3v) is 5.93. The smallest absolute Gasteiger partial charge is 0.190 e. The van der Waals surface area contributed by atoms with Crippen molar-refractivity contribution in [1.82, 2.24) is 30.3 Å². The van der Waals surface area contributed by atoms with Gasteiger partial charge in [0.1, 0.15) is 11.6 Å². The fourth-order valence-corrected chi connectivity index (χ4v) is 3.89. The van der Waals surface area contributed by atoms with E-state index in [1.165, 1.54) is 24.8 Å². The summed E-state index contributed by atoms with van der Waals surface area (Å²) in [7, 11) is 4.01. The van der Waals surface area contributed by atoms with Gasteiger partial charge in [-0.3, -0.25) is 9.89 Å². The van der Waals surface area contributed by atoms with Crippen molar-refractivity contribution in [1.29, 1.82) is 0 Å². The van der Waals surface area contributed by atoms with Gasteiger partial charge in [-0.2, -0.15) is 0 Å². The van der Waals surface area contributed by atoms with Gasteiger partial charge in [0.05, 0.1) is 0 Å². The maximum Gasteiger partial charge on any atom is 0.190 e. The molecule has 1 aliphatic heterocycles. The van der Waals surface area contributed by atoms with Crippen molar-refractivity contribution >= 4 is 5.96 Å². The number of aromatic nitrogens is 3. The van der Waals surface area contributed by atoms with Crippen molar-refractivity contribution in [3.8, 4) is 0 Å². The molecule has 0 fully saturated rings. The Balaban J connectivity index is 1.36. The largest absolute Gasteiger partial charge is 0.356 e. The predicted octanol–water partition coefficient (Wildman–Crippen LogP) is 2.62. The molecule has 1 unspecified atom stereocenters. The first-order valence-electron chi connectivity index (χ1n) is 11.3. The van der Waals surface area contributed by atoms with E-state index in [4.69, 9.17) is 0 Å². The molecule has 0 bridgehead atoms.